The van der Waals surface area contributed by atoms with Crippen molar-refractivity contribution in [3.8, 4) is 0 Å². The van der Waals surface area contributed by atoms with Crippen LogP contribution >= 0.6 is 0 Å². The Balaban J connectivity index is 2.11. The fourth-order valence-electron chi connectivity index (χ4n) is 3.42. The van der Waals surface area contributed by atoms with Gasteiger partial charge in [0.05, 0.1) is 24.5 Å². The normalized spacial score (nSPS) is 14.1. The molecular formula is C23H26N2O4. The molecule has 1 aliphatic heterocycles. The molecule has 0 N–H and O–H groups in total. The van der Waals surface area contributed by atoms with E-state index in [2.05, 4.69) is 0 Å². The number of nitrogens with zero attached hydrogens (tertiary/aromatic N) is 2. The van der Waals surface area contributed by atoms with Crippen molar-refractivity contribution < 1.29 is 19.1 Å². The van der Waals surface area contributed by atoms with Gasteiger partial charge in [-0.3, -0.25) is 9.59 Å². The molecule has 0 aliphatic carbocycles. The quantitative estimate of drug-likeness (QED) is 0.612. The number of hydrogen-bond donors (Lipinski definition) is 0. The molecule has 0 atom stereocenters. The number of ether oxygens (including phenoxy) is 2. The van der Waals surface area contributed by atoms with Gasteiger partial charge in [0.1, 0.15) is 5.70 Å². The number of carbonyl (C=O) groups is 2. The van der Waals surface area contributed by atoms with Gasteiger partial charge in [-0.25, -0.2) is 4.90 Å². The van der Waals surface area contributed by atoms with Crippen molar-refractivity contribution in [3.63, 3.8) is 0 Å². The first kappa shape index (κ1) is 20.8. The SMILES string of the molecule is COCCN(CCOC)C1=C(c2ccccc2)C(=O)N(c2cccc(C)c2)C1=O. The Morgan fingerprint density at radius 3 is 2.10 bits per heavy atom. The molecule has 2 amide bonds. The first-order chi connectivity index (χ1) is 14.1. The van der Waals surface area contributed by atoms with Crippen molar-refractivity contribution >= 4 is 23.1 Å². The molecule has 0 saturated carbocycles. The molecule has 2 aromatic carbocycles. The summed E-state index contributed by atoms with van der Waals surface area (Å²) in [6, 6.07) is 16.7. The molecule has 1 heterocycles. The zero-order valence-electron chi connectivity index (χ0n) is 17.1. The van der Waals surface area contributed by atoms with Gasteiger partial charge in [-0.1, -0.05) is 42.5 Å². The predicted octanol–water partition coefficient (Wildman–Crippen LogP) is 2.87. The fourth-order valence-corrected chi connectivity index (χ4v) is 3.42. The minimum absolute atomic E-state index is 0.318. The number of hydrogen-bond acceptors (Lipinski definition) is 5. The van der Waals surface area contributed by atoms with Gasteiger partial charge < -0.3 is 14.4 Å². The summed E-state index contributed by atoms with van der Waals surface area (Å²) in [6.45, 7) is 3.76. The summed E-state index contributed by atoms with van der Waals surface area (Å²) < 4.78 is 10.5. The molecule has 0 bridgehead atoms. The lowest BCUT2D eigenvalue weighted by Gasteiger charge is -2.25. The van der Waals surface area contributed by atoms with Crippen LogP contribution in [0.25, 0.3) is 5.57 Å². The fraction of sp³-hybridized carbons (Fsp3) is 0.304. The van der Waals surface area contributed by atoms with E-state index >= 15 is 0 Å². The number of imide groups is 1. The van der Waals surface area contributed by atoms with Crippen LogP contribution in [0, 0.1) is 6.92 Å². The minimum atomic E-state index is -0.327. The predicted molar refractivity (Wildman–Crippen MR) is 112 cm³/mol. The maximum Gasteiger partial charge on any atom is 0.282 e. The van der Waals surface area contributed by atoms with Crippen LogP contribution in [0.1, 0.15) is 11.1 Å². The lowest BCUT2D eigenvalue weighted by Crippen LogP contribution is -2.37. The van der Waals surface area contributed by atoms with Crippen molar-refractivity contribution in [1.29, 1.82) is 0 Å². The molecule has 0 aromatic heterocycles. The number of benzene rings is 2. The molecule has 0 saturated heterocycles. The summed E-state index contributed by atoms with van der Waals surface area (Å²) in [7, 11) is 3.23. The molecule has 29 heavy (non-hydrogen) atoms. The van der Waals surface area contributed by atoms with Gasteiger partial charge in [-0.05, 0) is 30.2 Å². The van der Waals surface area contributed by atoms with E-state index in [9.17, 15) is 9.59 Å². The Morgan fingerprint density at radius 2 is 1.52 bits per heavy atom. The summed E-state index contributed by atoms with van der Waals surface area (Å²) in [5, 5.41) is 0. The second kappa shape index (κ2) is 9.49. The van der Waals surface area contributed by atoms with Gasteiger partial charge in [-0.15, -0.1) is 0 Å². The Kier molecular flexibility index (Phi) is 6.80. The van der Waals surface area contributed by atoms with Crippen LogP contribution in [0.15, 0.2) is 60.3 Å². The maximum absolute atomic E-state index is 13.5. The lowest BCUT2D eigenvalue weighted by molar-refractivity contribution is -0.120. The van der Waals surface area contributed by atoms with E-state index in [1.54, 1.807) is 20.3 Å². The summed E-state index contributed by atoms with van der Waals surface area (Å²) in [5.41, 5.74) is 3.06. The van der Waals surface area contributed by atoms with Gasteiger partial charge in [0.2, 0.25) is 0 Å². The number of aryl methyl sites for hydroxylation is 1. The van der Waals surface area contributed by atoms with Crippen LogP contribution < -0.4 is 4.90 Å². The molecule has 6 heteroatoms. The van der Waals surface area contributed by atoms with Gasteiger partial charge >= 0.3 is 0 Å². The average Bonchev–Trinajstić information content (AvgIpc) is 2.99. The molecule has 0 spiro atoms. The Hall–Kier alpha value is -2.96. The summed E-state index contributed by atoms with van der Waals surface area (Å²) in [5.74, 6) is -0.645. The number of anilines is 1. The van der Waals surface area contributed by atoms with Crippen molar-refractivity contribution in [2.24, 2.45) is 0 Å². The summed E-state index contributed by atoms with van der Waals surface area (Å²) in [6.07, 6.45) is 0. The van der Waals surface area contributed by atoms with E-state index in [1.807, 2.05) is 60.4 Å². The van der Waals surface area contributed by atoms with Crippen LogP contribution in [0.5, 0.6) is 0 Å². The highest BCUT2D eigenvalue weighted by atomic mass is 16.5. The van der Waals surface area contributed by atoms with Crippen LogP contribution in [-0.4, -0.2) is 57.2 Å². The molecule has 0 fully saturated rings. The van der Waals surface area contributed by atoms with E-state index in [-0.39, 0.29) is 11.8 Å². The maximum atomic E-state index is 13.5. The zero-order chi connectivity index (χ0) is 20.8. The standard InChI is InChI=1S/C23H26N2O4/c1-17-8-7-11-19(16-17)25-22(26)20(18-9-5-4-6-10-18)21(23(25)27)24(12-14-28-2)13-15-29-3/h4-11,16H,12-15H2,1-3H3. The van der Waals surface area contributed by atoms with Crippen LogP contribution in [0.3, 0.4) is 0 Å². The number of methoxy groups -OCH3 is 2. The summed E-state index contributed by atoms with van der Waals surface area (Å²) in [4.78, 5) is 30.1. The van der Waals surface area contributed by atoms with Gasteiger partial charge in [0.25, 0.3) is 11.8 Å². The van der Waals surface area contributed by atoms with Gasteiger partial charge in [0, 0.05) is 27.3 Å². The highest BCUT2D eigenvalue weighted by Crippen LogP contribution is 2.34. The second-order valence-corrected chi connectivity index (χ2v) is 6.85. The average molecular weight is 394 g/mol. The number of carbonyl (C=O) groups excluding carboxylic acids is 2. The number of rotatable bonds is 9. The Morgan fingerprint density at radius 1 is 0.862 bits per heavy atom. The van der Waals surface area contributed by atoms with Crippen molar-refractivity contribution in [2.75, 3.05) is 45.4 Å². The Bertz CT molecular complexity index is 900. The molecule has 152 valence electrons. The molecule has 0 radical (unpaired) electrons. The molecule has 1 aliphatic rings. The van der Waals surface area contributed by atoms with E-state index in [4.69, 9.17) is 9.47 Å². The van der Waals surface area contributed by atoms with Crippen LogP contribution in [0.2, 0.25) is 0 Å². The monoisotopic (exact) mass is 394 g/mol. The first-order valence-electron chi connectivity index (χ1n) is 9.56. The molecule has 3 rings (SSSR count). The Labute approximate surface area is 171 Å². The topological polar surface area (TPSA) is 59.1 Å². The highest BCUT2D eigenvalue weighted by molar-refractivity contribution is 6.45. The van der Waals surface area contributed by atoms with E-state index in [0.717, 1.165) is 11.1 Å². The lowest BCUT2D eigenvalue weighted by atomic mass is 10.0. The van der Waals surface area contributed by atoms with E-state index in [1.165, 1.54) is 4.90 Å². The number of amides is 2. The minimum Gasteiger partial charge on any atom is -0.383 e. The van der Waals surface area contributed by atoms with Gasteiger partial charge in [-0.2, -0.15) is 0 Å². The second-order valence-electron chi connectivity index (χ2n) is 6.85. The third-order valence-corrected chi connectivity index (χ3v) is 4.83. The van der Waals surface area contributed by atoms with Gasteiger partial charge in [0.15, 0.2) is 0 Å². The summed E-state index contributed by atoms with van der Waals surface area (Å²) >= 11 is 0. The smallest absolute Gasteiger partial charge is 0.282 e. The zero-order valence-corrected chi connectivity index (χ0v) is 17.1. The van der Waals surface area contributed by atoms with E-state index in [0.29, 0.717) is 43.3 Å². The molecule has 2 aromatic rings. The highest BCUT2D eigenvalue weighted by Gasteiger charge is 2.42. The van der Waals surface area contributed by atoms with Crippen LogP contribution in [0.4, 0.5) is 5.69 Å². The van der Waals surface area contributed by atoms with Crippen molar-refractivity contribution in [3.05, 3.63) is 71.4 Å². The van der Waals surface area contributed by atoms with Crippen molar-refractivity contribution in [1.82, 2.24) is 4.90 Å². The molecule has 6 nitrogen and oxygen atoms in total. The molecular weight excluding hydrogens is 368 g/mol. The third kappa shape index (κ3) is 4.39. The van der Waals surface area contributed by atoms with Crippen molar-refractivity contribution in [2.45, 2.75) is 6.92 Å². The largest absolute Gasteiger partial charge is 0.383 e. The van der Waals surface area contributed by atoms with E-state index < -0.39 is 0 Å². The van der Waals surface area contributed by atoms with Crippen LogP contribution in [-0.2, 0) is 19.1 Å². The molecule has 0 unspecified atom stereocenters. The third-order valence-electron chi connectivity index (χ3n) is 4.83. The first-order valence-corrected chi connectivity index (χ1v) is 9.56.